The SMILES string of the molecule is Cc1cc(CSCc2nc3cc(-c4ccc(F)cc4)sc3c(=O)[nH]2)on1. The van der Waals surface area contributed by atoms with Crippen LogP contribution >= 0.6 is 23.1 Å². The maximum atomic E-state index is 13.1. The number of aromatic nitrogens is 3. The van der Waals surface area contributed by atoms with Crippen molar-refractivity contribution in [2.45, 2.75) is 18.4 Å². The number of thiophene rings is 1. The molecule has 132 valence electrons. The molecule has 0 aliphatic rings. The second-order valence-corrected chi connectivity index (χ2v) is 7.81. The topological polar surface area (TPSA) is 71.8 Å². The zero-order valence-corrected chi connectivity index (χ0v) is 15.4. The second kappa shape index (κ2) is 7.05. The van der Waals surface area contributed by atoms with Crippen LogP contribution in [0.5, 0.6) is 0 Å². The molecular weight excluding hydrogens is 373 g/mol. The summed E-state index contributed by atoms with van der Waals surface area (Å²) in [7, 11) is 0. The van der Waals surface area contributed by atoms with E-state index in [9.17, 15) is 9.18 Å². The lowest BCUT2D eigenvalue weighted by atomic mass is 10.2. The van der Waals surface area contributed by atoms with Gasteiger partial charge in [-0.2, -0.15) is 0 Å². The van der Waals surface area contributed by atoms with Gasteiger partial charge in [0.25, 0.3) is 5.56 Å². The Hall–Kier alpha value is -2.45. The van der Waals surface area contributed by atoms with E-state index in [0.717, 1.165) is 21.9 Å². The van der Waals surface area contributed by atoms with Crippen molar-refractivity contribution in [2.75, 3.05) is 0 Å². The van der Waals surface area contributed by atoms with Crippen molar-refractivity contribution < 1.29 is 8.91 Å². The van der Waals surface area contributed by atoms with Gasteiger partial charge in [0.1, 0.15) is 22.1 Å². The lowest BCUT2D eigenvalue weighted by Crippen LogP contribution is -2.09. The molecule has 0 saturated heterocycles. The molecule has 0 bridgehead atoms. The van der Waals surface area contributed by atoms with E-state index in [2.05, 4.69) is 15.1 Å². The van der Waals surface area contributed by atoms with Gasteiger partial charge in [0.05, 0.1) is 22.7 Å². The maximum Gasteiger partial charge on any atom is 0.268 e. The number of fused-ring (bicyclic) bond motifs is 1. The molecule has 1 N–H and O–H groups in total. The van der Waals surface area contributed by atoms with Crippen molar-refractivity contribution >= 4 is 33.3 Å². The van der Waals surface area contributed by atoms with Crippen LogP contribution in [0.2, 0.25) is 0 Å². The van der Waals surface area contributed by atoms with Gasteiger partial charge in [0, 0.05) is 10.9 Å². The van der Waals surface area contributed by atoms with Crippen LogP contribution in [0.25, 0.3) is 20.7 Å². The molecule has 4 rings (SSSR count). The Balaban J connectivity index is 1.55. The largest absolute Gasteiger partial charge is 0.360 e. The van der Waals surface area contributed by atoms with Crippen LogP contribution in [0.3, 0.4) is 0 Å². The average Bonchev–Trinajstić information content (AvgIpc) is 3.22. The van der Waals surface area contributed by atoms with Crippen LogP contribution in [0.4, 0.5) is 4.39 Å². The van der Waals surface area contributed by atoms with E-state index in [-0.39, 0.29) is 11.4 Å². The number of hydrogen-bond acceptors (Lipinski definition) is 6. The third kappa shape index (κ3) is 3.56. The van der Waals surface area contributed by atoms with Gasteiger partial charge >= 0.3 is 0 Å². The number of nitrogens with one attached hydrogen (secondary N) is 1. The van der Waals surface area contributed by atoms with E-state index in [1.165, 1.54) is 23.5 Å². The van der Waals surface area contributed by atoms with E-state index in [4.69, 9.17) is 4.52 Å². The Morgan fingerprint density at radius 1 is 1.23 bits per heavy atom. The molecule has 0 fully saturated rings. The van der Waals surface area contributed by atoms with Gasteiger partial charge < -0.3 is 9.51 Å². The highest BCUT2D eigenvalue weighted by molar-refractivity contribution is 7.97. The zero-order valence-electron chi connectivity index (χ0n) is 13.8. The van der Waals surface area contributed by atoms with Crippen LogP contribution in [-0.2, 0) is 11.5 Å². The van der Waals surface area contributed by atoms with Crippen molar-refractivity contribution in [3.8, 4) is 10.4 Å². The summed E-state index contributed by atoms with van der Waals surface area (Å²) in [5.41, 5.74) is 2.22. The molecule has 5 nitrogen and oxygen atoms in total. The first-order chi connectivity index (χ1) is 12.6. The number of aryl methyl sites for hydroxylation is 1. The Labute approximate surface area is 156 Å². The molecule has 0 spiro atoms. The third-order valence-electron chi connectivity index (χ3n) is 3.72. The molecule has 0 atom stereocenters. The van der Waals surface area contributed by atoms with Gasteiger partial charge in [-0.25, -0.2) is 9.37 Å². The molecule has 3 aromatic heterocycles. The van der Waals surface area contributed by atoms with Crippen molar-refractivity contribution in [3.63, 3.8) is 0 Å². The number of halogens is 1. The van der Waals surface area contributed by atoms with Gasteiger partial charge in [-0.1, -0.05) is 17.3 Å². The summed E-state index contributed by atoms with van der Waals surface area (Å²) in [5, 5.41) is 3.85. The molecule has 0 unspecified atom stereocenters. The van der Waals surface area contributed by atoms with E-state index < -0.39 is 0 Å². The molecule has 0 saturated carbocycles. The minimum atomic E-state index is -0.285. The normalized spacial score (nSPS) is 11.3. The highest BCUT2D eigenvalue weighted by Crippen LogP contribution is 2.31. The number of hydrogen-bond donors (Lipinski definition) is 1. The Kier molecular flexibility index (Phi) is 4.60. The van der Waals surface area contributed by atoms with E-state index in [1.54, 1.807) is 23.9 Å². The average molecular weight is 387 g/mol. The summed E-state index contributed by atoms with van der Waals surface area (Å²) in [6.07, 6.45) is 0. The molecule has 0 aliphatic heterocycles. The number of thioether (sulfide) groups is 1. The zero-order chi connectivity index (χ0) is 18.1. The van der Waals surface area contributed by atoms with Gasteiger partial charge in [0.15, 0.2) is 0 Å². The highest BCUT2D eigenvalue weighted by atomic mass is 32.2. The lowest BCUT2D eigenvalue weighted by Gasteiger charge is -1.99. The van der Waals surface area contributed by atoms with Gasteiger partial charge in [0.2, 0.25) is 0 Å². The summed E-state index contributed by atoms with van der Waals surface area (Å²) in [5.74, 6) is 2.35. The number of aromatic amines is 1. The van der Waals surface area contributed by atoms with Crippen molar-refractivity contribution in [3.05, 3.63) is 69.8 Å². The van der Waals surface area contributed by atoms with Crippen LogP contribution in [0.1, 0.15) is 17.3 Å². The van der Waals surface area contributed by atoms with Crippen LogP contribution < -0.4 is 5.56 Å². The predicted octanol–water partition coefficient (Wildman–Crippen LogP) is 4.52. The number of benzene rings is 1. The molecule has 26 heavy (non-hydrogen) atoms. The first-order valence-electron chi connectivity index (χ1n) is 7.87. The summed E-state index contributed by atoms with van der Waals surface area (Å²) in [4.78, 5) is 20.6. The molecule has 0 radical (unpaired) electrons. The fourth-order valence-corrected chi connectivity index (χ4v) is 4.31. The fourth-order valence-electron chi connectivity index (χ4n) is 2.55. The Bertz CT molecular complexity index is 1120. The summed E-state index contributed by atoms with van der Waals surface area (Å²) in [6.45, 7) is 1.87. The first-order valence-corrected chi connectivity index (χ1v) is 9.84. The van der Waals surface area contributed by atoms with E-state index in [1.807, 2.05) is 19.1 Å². The Morgan fingerprint density at radius 3 is 2.77 bits per heavy atom. The molecule has 4 aromatic rings. The number of rotatable bonds is 5. The minimum absolute atomic E-state index is 0.153. The molecular formula is C18H14FN3O2S2. The van der Waals surface area contributed by atoms with Gasteiger partial charge in [-0.3, -0.25) is 4.79 Å². The first kappa shape index (κ1) is 17.0. The third-order valence-corrected chi connectivity index (χ3v) is 5.86. The van der Waals surface area contributed by atoms with Crippen LogP contribution in [-0.4, -0.2) is 15.1 Å². The monoisotopic (exact) mass is 387 g/mol. The minimum Gasteiger partial charge on any atom is -0.360 e. The van der Waals surface area contributed by atoms with Crippen molar-refractivity contribution in [1.29, 1.82) is 0 Å². The van der Waals surface area contributed by atoms with Gasteiger partial charge in [-0.05, 0) is 30.7 Å². The quantitative estimate of drug-likeness (QED) is 0.545. The van der Waals surface area contributed by atoms with Crippen molar-refractivity contribution in [1.82, 2.24) is 15.1 Å². The number of H-pyrrole nitrogens is 1. The molecule has 1 aromatic carbocycles. The summed E-state index contributed by atoms with van der Waals surface area (Å²) < 4.78 is 18.8. The second-order valence-electron chi connectivity index (χ2n) is 5.77. The molecule has 3 heterocycles. The predicted molar refractivity (Wildman–Crippen MR) is 102 cm³/mol. The van der Waals surface area contributed by atoms with Crippen LogP contribution in [0, 0.1) is 12.7 Å². The highest BCUT2D eigenvalue weighted by Gasteiger charge is 2.11. The van der Waals surface area contributed by atoms with Gasteiger partial charge in [-0.15, -0.1) is 23.1 Å². The smallest absolute Gasteiger partial charge is 0.268 e. The molecule has 8 heteroatoms. The standard InChI is InChI=1S/C18H14FN3O2S2/c1-10-6-13(24-22-10)8-25-9-16-20-14-7-15(26-17(14)18(23)21-16)11-2-4-12(19)5-3-11/h2-7H,8-9H2,1H3,(H,20,21,23). The number of nitrogens with zero attached hydrogens (tertiary/aromatic N) is 2. The van der Waals surface area contributed by atoms with E-state index >= 15 is 0 Å². The van der Waals surface area contributed by atoms with Crippen LogP contribution in [0.15, 0.2) is 45.7 Å². The lowest BCUT2D eigenvalue weighted by molar-refractivity contribution is 0.391. The van der Waals surface area contributed by atoms with Crippen molar-refractivity contribution in [2.24, 2.45) is 0 Å². The molecule has 0 amide bonds. The summed E-state index contributed by atoms with van der Waals surface area (Å²) >= 11 is 2.95. The Morgan fingerprint density at radius 2 is 2.04 bits per heavy atom. The summed E-state index contributed by atoms with van der Waals surface area (Å²) in [6, 6.07) is 9.97. The van der Waals surface area contributed by atoms with E-state index in [0.29, 0.717) is 27.5 Å². The maximum absolute atomic E-state index is 13.1. The molecule has 0 aliphatic carbocycles. The fraction of sp³-hybridized carbons (Fsp3) is 0.167.